The van der Waals surface area contributed by atoms with Crippen LogP contribution in [0.2, 0.25) is 0 Å². The molecule has 0 aliphatic carbocycles. The molecule has 6 nitrogen and oxygen atoms in total. The van der Waals surface area contributed by atoms with Crippen molar-refractivity contribution in [3.63, 3.8) is 0 Å². The Morgan fingerprint density at radius 1 is 1.15 bits per heavy atom. The number of primary sulfonamides is 1. The minimum absolute atomic E-state index is 0.0833. The van der Waals surface area contributed by atoms with Crippen LogP contribution in [-0.4, -0.2) is 13.5 Å². The van der Waals surface area contributed by atoms with Crippen molar-refractivity contribution in [2.75, 3.05) is 5.73 Å². The predicted octanol–water partition coefficient (Wildman–Crippen LogP) is 1.20. The Kier molecular flexibility index (Phi) is 3.93. The van der Waals surface area contributed by atoms with E-state index in [2.05, 4.69) is 0 Å². The molecule has 0 heterocycles. The van der Waals surface area contributed by atoms with Crippen LogP contribution in [0.15, 0.2) is 47.4 Å². The molecular formula is C13H14N2O4S. The molecule has 0 aromatic heterocycles. The third-order valence-corrected chi connectivity index (χ3v) is 3.53. The van der Waals surface area contributed by atoms with Gasteiger partial charge in [-0.05, 0) is 29.8 Å². The Bertz CT molecular complexity index is 729. The zero-order chi connectivity index (χ0) is 14.8. The molecule has 0 radical (unpaired) electrons. The van der Waals surface area contributed by atoms with Gasteiger partial charge in [0.2, 0.25) is 10.0 Å². The summed E-state index contributed by atoms with van der Waals surface area (Å²) in [6, 6.07) is 10.7. The van der Waals surface area contributed by atoms with E-state index in [1.54, 1.807) is 24.3 Å². The van der Waals surface area contributed by atoms with Crippen molar-refractivity contribution in [2.24, 2.45) is 5.14 Å². The molecule has 106 valence electrons. The van der Waals surface area contributed by atoms with Crippen LogP contribution in [0.5, 0.6) is 11.5 Å². The van der Waals surface area contributed by atoms with Crippen molar-refractivity contribution in [2.45, 2.75) is 11.5 Å². The first kappa shape index (κ1) is 14.3. The molecule has 0 aliphatic rings. The van der Waals surface area contributed by atoms with Gasteiger partial charge in [-0.25, -0.2) is 13.6 Å². The molecule has 2 rings (SSSR count). The van der Waals surface area contributed by atoms with Gasteiger partial charge in [0.1, 0.15) is 5.75 Å². The lowest BCUT2D eigenvalue weighted by atomic mass is 10.2. The Morgan fingerprint density at radius 3 is 2.55 bits per heavy atom. The number of aliphatic hydroxyl groups is 1. The third-order valence-electron chi connectivity index (χ3n) is 2.62. The molecule has 0 fully saturated rings. The molecule has 7 heteroatoms. The standard InChI is InChI=1S/C13H14N2O4S/c14-12-5-4-11(20(15,17)18)7-13(12)19-10-3-1-2-9(6-10)8-16/h1-7,16H,8,14H2,(H2,15,17,18). The number of hydrogen-bond donors (Lipinski definition) is 3. The number of anilines is 1. The number of hydrogen-bond acceptors (Lipinski definition) is 5. The van der Waals surface area contributed by atoms with Gasteiger partial charge in [-0.2, -0.15) is 0 Å². The summed E-state index contributed by atoms with van der Waals surface area (Å²) in [4.78, 5) is -0.0833. The minimum Gasteiger partial charge on any atom is -0.455 e. The van der Waals surface area contributed by atoms with Gasteiger partial charge in [0.05, 0.1) is 17.2 Å². The molecule has 0 saturated heterocycles. The lowest BCUT2D eigenvalue weighted by Gasteiger charge is -2.10. The van der Waals surface area contributed by atoms with Crippen molar-refractivity contribution in [1.82, 2.24) is 0 Å². The number of benzene rings is 2. The fourth-order valence-electron chi connectivity index (χ4n) is 1.61. The lowest BCUT2D eigenvalue weighted by molar-refractivity contribution is 0.281. The van der Waals surface area contributed by atoms with Crippen LogP contribution < -0.4 is 15.6 Å². The summed E-state index contributed by atoms with van der Waals surface area (Å²) in [5.74, 6) is 0.626. The normalized spacial score (nSPS) is 11.3. The van der Waals surface area contributed by atoms with Crippen molar-refractivity contribution in [3.05, 3.63) is 48.0 Å². The van der Waals surface area contributed by atoms with Gasteiger partial charge >= 0.3 is 0 Å². The summed E-state index contributed by atoms with van der Waals surface area (Å²) in [7, 11) is -3.82. The fraction of sp³-hybridized carbons (Fsp3) is 0.0769. The second-order valence-electron chi connectivity index (χ2n) is 4.15. The first-order valence-electron chi connectivity index (χ1n) is 5.70. The number of rotatable bonds is 4. The Balaban J connectivity index is 2.37. The van der Waals surface area contributed by atoms with Crippen LogP contribution in [0.1, 0.15) is 5.56 Å². The smallest absolute Gasteiger partial charge is 0.238 e. The van der Waals surface area contributed by atoms with E-state index in [1.807, 2.05) is 0 Å². The predicted molar refractivity (Wildman–Crippen MR) is 74.7 cm³/mol. The lowest BCUT2D eigenvalue weighted by Crippen LogP contribution is -2.12. The van der Waals surface area contributed by atoms with Crippen molar-refractivity contribution in [1.29, 1.82) is 0 Å². The van der Waals surface area contributed by atoms with Crippen LogP contribution in [0.4, 0.5) is 5.69 Å². The third kappa shape index (κ3) is 3.27. The highest BCUT2D eigenvalue weighted by atomic mass is 32.2. The first-order valence-corrected chi connectivity index (χ1v) is 7.25. The zero-order valence-corrected chi connectivity index (χ0v) is 11.3. The summed E-state index contributed by atoms with van der Waals surface area (Å²) in [5, 5.41) is 14.1. The Morgan fingerprint density at radius 2 is 1.90 bits per heavy atom. The summed E-state index contributed by atoms with van der Waals surface area (Å²) < 4.78 is 28.1. The minimum atomic E-state index is -3.82. The van der Waals surface area contributed by atoms with Gasteiger partial charge < -0.3 is 15.6 Å². The number of nitrogen functional groups attached to an aromatic ring is 1. The second-order valence-corrected chi connectivity index (χ2v) is 5.71. The zero-order valence-electron chi connectivity index (χ0n) is 10.5. The largest absolute Gasteiger partial charge is 0.455 e. The van der Waals surface area contributed by atoms with E-state index in [1.165, 1.54) is 18.2 Å². The van der Waals surface area contributed by atoms with Crippen LogP contribution in [0.3, 0.4) is 0 Å². The molecule has 0 unspecified atom stereocenters. The van der Waals surface area contributed by atoms with Gasteiger partial charge in [-0.15, -0.1) is 0 Å². The van der Waals surface area contributed by atoms with Crippen LogP contribution in [0, 0.1) is 0 Å². The van der Waals surface area contributed by atoms with Gasteiger partial charge in [0.15, 0.2) is 5.75 Å². The van der Waals surface area contributed by atoms with E-state index >= 15 is 0 Å². The number of sulfonamides is 1. The van der Waals surface area contributed by atoms with Crippen molar-refractivity contribution < 1.29 is 18.3 Å². The first-order chi connectivity index (χ1) is 9.40. The number of ether oxygens (including phenoxy) is 1. The molecule has 0 bridgehead atoms. The summed E-state index contributed by atoms with van der Waals surface area (Å²) in [6.45, 7) is -0.121. The Hall–Kier alpha value is -2.09. The maximum absolute atomic E-state index is 11.3. The maximum atomic E-state index is 11.3. The molecule has 20 heavy (non-hydrogen) atoms. The van der Waals surface area contributed by atoms with Crippen LogP contribution in [-0.2, 0) is 16.6 Å². The van der Waals surface area contributed by atoms with E-state index in [4.69, 9.17) is 20.7 Å². The van der Waals surface area contributed by atoms with E-state index in [0.717, 1.165) is 0 Å². The van der Waals surface area contributed by atoms with E-state index in [-0.39, 0.29) is 22.9 Å². The summed E-state index contributed by atoms with van der Waals surface area (Å²) in [6.07, 6.45) is 0. The molecule has 0 amide bonds. The van der Waals surface area contributed by atoms with E-state index < -0.39 is 10.0 Å². The average molecular weight is 294 g/mol. The van der Waals surface area contributed by atoms with Gasteiger partial charge in [-0.3, -0.25) is 0 Å². The molecule has 0 aliphatic heterocycles. The molecule has 2 aromatic carbocycles. The molecule has 5 N–H and O–H groups in total. The molecule has 2 aromatic rings. The average Bonchev–Trinajstić information content (AvgIpc) is 2.40. The summed E-state index contributed by atoms with van der Waals surface area (Å²) >= 11 is 0. The van der Waals surface area contributed by atoms with Gasteiger partial charge in [0.25, 0.3) is 0 Å². The van der Waals surface area contributed by atoms with E-state index in [9.17, 15) is 8.42 Å². The fourth-order valence-corrected chi connectivity index (χ4v) is 2.14. The van der Waals surface area contributed by atoms with Crippen LogP contribution in [0.25, 0.3) is 0 Å². The highest BCUT2D eigenvalue weighted by Gasteiger charge is 2.12. The highest BCUT2D eigenvalue weighted by Crippen LogP contribution is 2.30. The number of nitrogens with two attached hydrogens (primary N) is 2. The monoisotopic (exact) mass is 294 g/mol. The Labute approximate surface area is 116 Å². The molecule has 0 atom stereocenters. The van der Waals surface area contributed by atoms with E-state index in [0.29, 0.717) is 11.3 Å². The number of aliphatic hydroxyl groups excluding tert-OH is 1. The topological polar surface area (TPSA) is 116 Å². The van der Waals surface area contributed by atoms with Crippen molar-refractivity contribution >= 4 is 15.7 Å². The second kappa shape index (κ2) is 5.49. The molecule has 0 saturated carbocycles. The van der Waals surface area contributed by atoms with Gasteiger partial charge in [0, 0.05) is 6.07 Å². The van der Waals surface area contributed by atoms with Crippen molar-refractivity contribution in [3.8, 4) is 11.5 Å². The maximum Gasteiger partial charge on any atom is 0.238 e. The molecular weight excluding hydrogens is 280 g/mol. The van der Waals surface area contributed by atoms with Crippen LogP contribution >= 0.6 is 0 Å². The SMILES string of the molecule is Nc1ccc(S(N)(=O)=O)cc1Oc1cccc(CO)c1. The van der Waals surface area contributed by atoms with Gasteiger partial charge in [-0.1, -0.05) is 12.1 Å². The quantitative estimate of drug-likeness (QED) is 0.733. The molecule has 0 spiro atoms. The highest BCUT2D eigenvalue weighted by molar-refractivity contribution is 7.89. The summed E-state index contributed by atoms with van der Waals surface area (Å²) in [5.41, 5.74) is 6.70.